The molecule has 1 amide bonds. The van der Waals surface area contributed by atoms with E-state index >= 15 is 0 Å². The molecule has 0 spiro atoms. The van der Waals surface area contributed by atoms with Crippen molar-refractivity contribution in [1.29, 1.82) is 5.26 Å². The van der Waals surface area contributed by atoms with Crippen LogP contribution in [0.5, 0.6) is 11.5 Å². The number of benzene rings is 2. The molecule has 122 valence electrons. The molecule has 2 aromatic carbocycles. The summed E-state index contributed by atoms with van der Waals surface area (Å²) < 4.78 is 11.8. The third-order valence-corrected chi connectivity index (χ3v) is 3.76. The van der Waals surface area contributed by atoms with E-state index in [2.05, 4.69) is 15.9 Å². The molecular formula is C18H15BrN2O3. The zero-order chi connectivity index (χ0) is 17.5. The van der Waals surface area contributed by atoms with Crippen LogP contribution in [0, 0.1) is 11.3 Å². The molecule has 0 saturated carbocycles. The average Bonchev–Trinajstić information content (AvgIpc) is 2.58. The second-order valence-electron chi connectivity index (χ2n) is 4.84. The maximum Gasteiger partial charge on any atom is 0.259 e. The number of nitrogens with zero attached hydrogens (tertiary/aromatic N) is 1. The summed E-state index contributed by atoms with van der Waals surface area (Å²) in [4.78, 5) is 11.2. The Kier molecular flexibility index (Phi) is 5.99. The van der Waals surface area contributed by atoms with Crippen molar-refractivity contribution >= 4 is 27.9 Å². The predicted molar refractivity (Wildman–Crippen MR) is 94.3 cm³/mol. The molecule has 0 atom stereocenters. The van der Waals surface area contributed by atoms with Gasteiger partial charge in [-0.25, -0.2) is 0 Å². The maximum atomic E-state index is 11.2. The van der Waals surface area contributed by atoms with E-state index in [0.717, 1.165) is 5.56 Å². The molecule has 0 fully saturated rings. The van der Waals surface area contributed by atoms with Crippen molar-refractivity contribution in [2.24, 2.45) is 5.73 Å². The molecule has 2 N–H and O–H groups in total. The van der Waals surface area contributed by atoms with E-state index < -0.39 is 5.91 Å². The minimum atomic E-state index is -0.781. The molecular weight excluding hydrogens is 372 g/mol. The van der Waals surface area contributed by atoms with Crippen LogP contribution in [0.4, 0.5) is 0 Å². The van der Waals surface area contributed by atoms with Crippen LogP contribution in [0.3, 0.4) is 0 Å². The van der Waals surface area contributed by atoms with Gasteiger partial charge in [0, 0.05) is 0 Å². The Labute approximate surface area is 148 Å². The Morgan fingerprint density at radius 3 is 2.62 bits per heavy atom. The van der Waals surface area contributed by atoms with Gasteiger partial charge >= 0.3 is 0 Å². The number of nitriles is 1. The number of ether oxygens (including phenoxy) is 2. The highest BCUT2D eigenvalue weighted by molar-refractivity contribution is 9.10. The number of halogens is 1. The van der Waals surface area contributed by atoms with E-state index in [1.807, 2.05) is 30.3 Å². The predicted octanol–water partition coefficient (Wildman–Crippen LogP) is 3.43. The summed E-state index contributed by atoms with van der Waals surface area (Å²) in [5.41, 5.74) is 6.63. The minimum absolute atomic E-state index is 0.137. The molecule has 0 bridgehead atoms. The largest absolute Gasteiger partial charge is 0.493 e. The summed E-state index contributed by atoms with van der Waals surface area (Å²) in [7, 11) is 1.52. The van der Waals surface area contributed by atoms with Crippen LogP contribution >= 0.6 is 15.9 Å². The van der Waals surface area contributed by atoms with Gasteiger partial charge in [0.1, 0.15) is 18.2 Å². The lowest BCUT2D eigenvalue weighted by atomic mass is 10.1. The molecule has 0 aliphatic heterocycles. The Morgan fingerprint density at radius 1 is 1.33 bits per heavy atom. The van der Waals surface area contributed by atoms with Gasteiger partial charge in [-0.3, -0.25) is 4.79 Å². The maximum absolute atomic E-state index is 11.2. The fraction of sp³-hybridized carbons (Fsp3) is 0.111. The molecule has 24 heavy (non-hydrogen) atoms. The first-order chi connectivity index (χ1) is 11.5. The molecule has 2 rings (SSSR count). The van der Waals surface area contributed by atoms with Crippen molar-refractivity contribution < 1.29 is 14.3 Å². The number of nitrogens with two attached hydrogens (primary N) is 1. The summed E-state index contributed by atoms with van der Waals surface area (Å²) in [6.07, 6.45) is 1.40. The van der Waals surface area contributed by atoms with Crippen LogP contribution in [-0.4, -0.2) is 13.0 Å². The van der Waals surface area contributed by atoms with Crippen LogP contribution in [0.2, 0.25) is 0 Å². The molecule has 0 unspecified atom stereocenters. The first kappa shape index (κ1) is 17.6. The molecule has 0 aliphatic rings. The Bertz CT molecular complexity index is 811. The van der Waals surface area contributed by atoms with E-state index in [9.17, 15) is 4.79 Å². The molecule has 0 heterocycles. The standard InChI is InChI=1S/C18H15BrN2O3/c1-23-16-9-13(7-14(10-20)18(21)22)8-15(19)17(16)24-11-12-5-3-2-4-6-12/h2-9H,11H2,1H3,(H2,21,22)/b14-7-. The number of methoxy groups -OCH3 is 1. The molecule has 0 aromatic heterocycles. The lowest BCUT2D eigenvalue weighted by molar-refractivity contribution is -0.114. The van der Waals surface area contributed by atoms with E-state index in [-0.39, 0.29) is 5.57 Å². The quantitative estimate of drug-likeness (QED) is 0.608. The number of carbonyl (C=O) groups is 1. The summed E-state index contributed by atoms with van der Waals surface area (Å²) in [6, 6.07) is 14.9. The van der Waals surface area contributed by atoms with Crippen LogP contribution in [0.1, 0.15) is 11.1 Å². The summed E-state index contributed by atoms with van der Waals surface area (Å²) in [6.45, 7) is 0.385. The molecule has 6 heteroatoms. The fourth-order valence-corrected chi connectivity index (χ4v) is 2.59. The number of rotatable bonds is 6. The van der Waals surface area contributed by atoms with Gasteiger partial charge in [0.05, 0.1) is 11.6 Å². The van der Waals surface area contributed by atoms with Crippen LogP contribution in [-0.2, 0) is 11.4 Å². The summed E-state index contributed by atoms with van der Waals surface area (Å²) >= 11 is 3.43. The van der Waals surface area contributed by atoms with Gasteiger partial charge in [0.15, 0.2) is 11.5 Å². The van der Waals surface area contributed by atoms with Crippen molar-refractivity contribution in [2.75, 3.05) is 7.11 Å². The second-order valence-corrected chi connectivity index (χ2v) is 5.70. The van der Waals surface area contributed by atoms with E-state index in [0.29, 0.717) is 28.1 Å². The highest BCUT2D eigenvalue weighted by Crippen LogP contribution is 2.37. The number of amides is 1. The lowest BCUT2D eigenvalue weighted by Crippen LogP contribution is -2.12. The number of hydrogen-bond acceptors (Lipinski definition) is 4. The number of primary amides is 1. The normalized spacial score (nSPS) is 10.8. The smallest absolute Gasteiger partial charge is 0.259 e. The number of carbonyl (C=O) groups excluding carboxylic acids is 1. The molecule has 2 aromatic rings. The van der Waals surface area contributed by atoms with Crippen LogP contribution < -0.4 is 15.2 Å². The third-order valence-electron chi connectivity index (χ3n) is 3.17. The van der Waals surface area contributed by atoms with Crippen LogP contribution in [0.25, 0.3) is 6.08 Å². The van der Waals surface area contributed by atoms with Crippen molar-refractivity contribution in [3.8, 4) is 17.6 Å². The molecule has 5 nitrogen and oxygen atoms in total. The van der Waals surface area contributed by atoms with E-state index in [1.54, 1.807) is 18.2 Å². The lowest BCUT2D eigenvalue weighted by Gasteiger charge is -2.13. The Balaban J connectivity index is 2.31. The topological polar surface area (TPSA) is 85.3 Å². The Morgan fingerprint density at radius 2 is 2.04 bits per heavy atom. The van der Waals surface area contributed by atoms with E-state index in [4.69, 9.17) is 20.5 Å². The van der Waals surface area contributed by atoms with Gasteiger partial charge < -0.3 is 15.2 Å². The van der Waals surface area contributed by atoms with Crippen LogP contribution in [0.15, 0.2) is 52.5 Å². The van der Waals surface area contributed by atoms with Crippen molar-refractivity contribution in [2.45, 2.75) is 6.61 Å². The average molecular weight is 387 g/mol. The summed E-state index contributed by atoms with van der Waals surface area (Å²) in [5.74, 6) is 0.237. The highest BCUT2D eigenvalue weighted by Gasteiger charge is 2.13. The zero-order valence-electron chi connectivity index (χ0n) is 13.0. The summed E-state index contributed by atoms with van der Waals surface area (Å²) in [5, 5.41) is 8.93. The van der Waals surface area contributed by atoms with Gasteiger partial charge in [-0.2, -0.15) is 5.26 Å². The van der Waals surface area contributed by atoms with Gasteiger partial charge in [0.25, 0.3) is 5.91 Å². The van der Waals surface area contributed by atoms with Gasteiger partial charge in [-0.05, 0) is 45.3 Å². The second kappa shape index (κ2) is 8.18. The zero-order valence-corrected chi connectivity index (χ0v) is 14.5. The minimum Gasteiger partial charge on any atom is -0.493 e. The van der Waals surface area contributed by atoms with Gasteiger partial charge in [0.2, 0.25) is 0 Å². The molecule has 0 aliphatic carbocycles. The SMILES string of the molecule is COc1cc(/C=C(/C#N)C(N)=O)cc(Br)c1OCc1ccccc1. The van der Waals surface area contributed by atoms with Crippen molar-refractivity contribution in [3.63, 3.8) is 0 Å². The third kappa shape index (κ3) is 4.37. The van der Waals surface area contributed by atoms with Crippen molar-refractivity contribution in [1.82, 2.24) is 0 Å². The van der Waals surface area contributed by atoms with Crippen molar-refractivity contribution in [3.05, 3.63) is 63.6 Å². The van der Waals surface area contributed by atoms with Gasteiger partial charge in [-0.15, -0.1) is 0 Å². The van der Waals surface area contributed by atoms with E-state index in [1.165, 1.54) is 13.2 Å². The first-order valence-electron chi connectivity index (χ1n) is 7.01. The Hall–Kier alpha value is -2.78. The molecule has 0 saturated heterocycles. The number of hydrogen-bond donors (Lipinski definition) is 1. The fourth-order valence-electron chi connectivity index (χ4n) is 2.02. The first-order valence-corrected chi connectivity index (χ1v) is 7.80. The highest BCUT2D eigenvalue weighted by atomic mass is 79.9. The monoisotopic (exact) mass is 386 g/mol. The molecule has 0 radical (unpaired) electrons. The van der Waals surface area contributed by atoms with Gasteiger partial charge in [-0.1, -0.05) is 30.3 Å².